The molecule has 0 rings (SSSR count). The normalized spacial score (nSPS) is 12.3. The third-order valence-electron chi connectivity index (χ3n) is 1.15. The van der Waals surface area contributed by atoms with Crippen molar-refractivity contribution in [1.82, 2.24) is 0 Å². The lowest BCUT2D eigenvalue weighted by Crippen LogP contribution is -2.33. The van der Waals surface area contributed by atoms with E-state index in [1.807, 2.05) is 6.92 Å². The summed E-state index contributed by atoms with van der Waals surface area (Å²) in [6.07, 6.45) is 1.35. The minimum Gasteiger partial charge on any atom is -0.392 e. The molecule has 0 aromatic rings. The quantitative estimate of drug-likeness (QED) is 0.472. The molecule has 0 aliphatic heterocycles. The Morgan fingerprint density at radius 2 is 2.09 bits per heavy atom. The van der Waals surface area contributed by atoms with Gasteiger partial charge in [0, 0.05) is 6.92 Å². The molecule has 11 heavy (non-hydrogen) atoms. The summed E-state index contributed by atoms with van der Waals surface area (Å²) >= 11 is 0. The number of carbonyl (C=O) groups excluding carboxylic acids is 2. The van der Waals surface area contributed by atoms with Crippen LogP contribution in [0.5, 0.6) is 0 Å². The van der Waals surface area contributed by atoms with Gasteiger partial charge >= 0.3 is 11.9 Å². The lowest BCUT2D eigenvalue weighted by Gasteiger charge is -2.06. The van der Waals surface area contributed by atoms with Crippen LogP contribution >= 0.6 is 0 Å². The second-order valence-corrected chi connectivity index (χ2v) is 2.31. The smallest absolute Gasteiger partial charge is 0.330 e. The van der Waals surface area contributed by atoms with Gasteiger partial charge in [-0.25, -0.2) is 4.79 Å². The van der Waals surface area contributed by atoms with Gasteiger partial charge in [0.25, 0.3) is 0 Å². The van der Waals surface area contributed by atoms with Crippen LogP contribution in [0.1, 0.15) is 26.7 Å². The van der Waals surface area contributed by atoms with E-state index >= 15 is 0 Å². The second-order valence-electron chi connectivity index (χ2n) is 2.31. The summed E-state index contributed by atoms with van der Waals surface area (Å²) in [5.41, 5.74) is 5.35. The molecule has 0 radical (unpaired) electrons. The van der Waals surface area contributed by atoms with Gasteiger partial charge in [-0.05, 0) is 6.42 Å². The highest BCUT2D eigenvalue weighted by Crippen LogP contribution is 1.95. The summed E-state index contributed by atoms with van der Waals surface area (Å²) < 4.78 is 4.26. The van der Waals surface area contributed by atoms with E-state index in [2.05, 4.69) is 4.74 Å². The highest BCUT2D eigenvalue weighted by atomic mass is 16.6. The zero-order valence-corrected chi connectivity index (χ0v) is 6.79. The topological polar surface area (TPSA) is 69.4 Å². The molecule has 0 bridgehead atoms. The van der Waals surface area contributed by atoms with Gasteiger partial charge in [0.1, 0.15) is 6.04 Å². The summed E-state index contributed by atoms with van der Waals surface area (Å²) in [6, 6.07) is -0.663. The van der Waals surface area contributed by atoms with E-state index in [1.54, 1.807) is 0 Å². The largest absolute Gasteiger partial charge is 0.392 e. The molecule has 0 aliphatic rings. The predicted molar refractivity (Wildman–Crippen MR) is 39.7 cm³/mol. The Bertz CT molecular complexity index is 156. The highest BCUT2D eigenvalue weighted by molar-refractivity contribution is 5.87. The third kappa shape index (κ3) is 4.50. The molecule has 4 nitrogen and oxygen atoms in total. The minimum atomic E-state index is -0.663. The summed E-state index contributed by atoms with van der Waals surface area (Å²) in [5, 5.41) is 0. The van der Waals surface area contributed by atoms with Gasteiger partial charge in [-0.1, -0.05) is 13.3 Å². The first-order chi connectivity index (χ1) is 5.07. The van der Waals surface area contributed by atoms with E-state index in [0.717, 1.165) is 6.42 Å². The average molecular weight is 159 g/mol. The van der Waals surface area contributed by atoms with E-state index in [4.69, 9.17) is 5.73 Å². The average Bonchev–Trinajstić information content (AvgIpc) is 1.86. The molecule has 1 unspecified atom stereocenters. The number of ether oxygens (including phenoxy) is 1. The van der Waals surface area contributed by atoms with Crippen molar-refractivity contribution < 1.29 is 14.3 Å². The van der Waals surface area contributed by atoms with Crippen LogP contribution in [0.2, 0.25) is 0 Å². The van der Waals surface area contributed by atoms with Crippen LogP contribution in [-0.2, 0) is 14.3 Å². The maximum atomic E-state index is 10.8. The summed E-state index contributed by atoms with van der Waals surface area (Å²) in [4.78, 5) is 21.0. The lowest BCUT2D eigenvalue weighted by molar-refractivity contribution is -0.159. The molecule has 64 valence electrons. The number of hydrogen-bond donors (Lipinski definition) is 1. The Morgan fingerprint density at radius 1 is 1.55 bits per heavy atom. The Balaban J connectivity index is 3.73. The molecule has 0 aliphatic carbocycles. The van der Waals surface area contributed by atoms with E-state index in [0.29, 0.717) is 6.42 Å². The monoisotopic (exact) mass is 159 g/mol. The fraction of sp³-hybridized carbons (Fsp3) is 0.714. The van der Waals surface area contributed by atoms with Gasteiger partial charge in [0.15, 0.2) is 0 Å². The van der Waals surface area contributed by atoms with Gasteiger partial charge in [0.2, 0.25) is 0 Å². The van der Waals surface area contributed by atoms with Crippen molar-refractivity contribution in [2.45, 2.75) is 32.7 Å². The first-order valence-electron chi connectivity index (χ1n) is 3.55. The zero-order valence-electron chi connectivity index (χ0n) is 6.79. The molecule has 0 spiro atoms. The van der Waals surface area contributed by atoms with E-state index < -0.39 is 18.0 Å². The van der Waals surface area contributed by atoms with Crippen LogP contribution in [0.3, 0.4) is 0 Å². The molecule has 0 aromatic heterocycles. The molecular weight excluding hydrogens is 146 g/mol. The van der Waals surface area contributed by atoms with E-state index in [9.17, 15) is 9.59 Å². The fourth-order valence-corrected chi connectivity index (χ4v) is 0.646. The van der Waals surface area contributed by atoms with E-state index in [1.165, 1.54) is 6.92 Å². The summed E-state index contributed by atoms with van der Waals surface area (Å²) in [7, 11) is 0. The number of carbonyl (C=O) groups is 2. The SMILES string of the molecule is CCCC(N)C(=O)OC(C)=O. The number of hydrogen-bond acceptors (Lipinski definition) is 4. The van der Waals surface area contributed by atoms with Crippen molar-refractivity contribution in [3.63, 3.8) is 0 Å². The number of esters is 2. The van der Waals surface area contributed by atoms with Crippen molar-refractivity contribution in [1.29, 1.82) is 0 Å². The fourth-order valence-electron chi connectivity index (χ4n) is 0.646. The molecule has 4 heteroatoms. The molecule has 0 saturated heterocycles. The molecular formula is C7H13NO3. The van der Waals surface area contributed by atoms with Crippen LogP contribution in [0.4, 0.5) is 0 Å². The van der Waals surface area contributed by atoms with Crippen molar-refractivity contribution in [3.05, 3.63) is 0 Å². The van der Waals surface area contributed by atoms with Gasteiger partial charge < -0.3 is 10.5 Å². The highest BCUT2D eigenvalue weighted by Gasteiger charge is 2.15. The molecule has 2 N–H and O–H groups in total. The Hall–Kier alpha value is -0.900. The summed E-state index contributed by atoms with van der Waals surface area (Å²) in [5.74, 6) is -1.25. The maximum Gasteiger partial charge on any atom is 0.330 e. The molecule has 0 aromatic carbocycles. The lowest BCUT2D eigenvalue weighted by atomic mass is 10.2. The zero-order chi connectivity index (χ0) is 8.85. The number of nitrogens with two attached hydrogens (primary N) is 1. The van der Waals surface area contributed by atoms with Crippen LogP contribution in [0, 0.1) is 0 Å². The first-order valence-corrected chi connectivity index (χ1v) is 3.55. The second kappa shape index (κ2) is 4.85. The van der Waals surface area contributed by atoms with Crippen LogP contribution in [0.25, 0.3) is 0 Å². The van der Waals surface area contributed by atoms with Gasteiger partial charge in [-0.3, -0.25) is 4.79 Å². The molecule has 0 saturated carbocycles. The molecule has 1 atom stereocenters. The van der Waals surface area contributed by atoms with Crippen molar-refractivity contribution in [3.8, 4) is 0 Å². The van der Waals surface area contributed by atoms with Crippen molar-refractivity contribution in [2.24, 2.45) is 5.73 Å². The number of rotatable bonds is 3. The van der Waals surface area contributed by atoms with E-state index in [-0.39, 0.29) is 0 Å². The predicted octanol–water partition coefficient (Wildman–Crippen LogP) is 0.203. The van der Waals surface area contributed by atoms with Crippen molar-refractivity contribution >= 4 is 11.9 Å². The molecule has 0 amide bonds. The third-order valence-corrected chi connectivity index (χ3v) is 1.15. The van der Waals surface area contributed by atoms with Crippen molar-refractivity contribution in [2.75, 3.05) is 0 Å². The molecule has 0 fully saturated rings. The standard InChI is InChI=1S/C7H13NO3/c1-3-4-6(8)7(10)11-5(2)9/h6H,3-4,8H2,1-2H3. The Morgan fingerprint density at radius 3 is 2.45 bits per heavy atom. The Kier molecular flexibility index (Phi) is 4.45. The minimum absolute atomic E-state index is 0.548. The van der Waals surface area contributed by atoms with Gasteiger partial charge in [0.05, 0.1) is 0 Å². The maximum absolute atomic E-state index is 10.8. The molecule has 0 heterocycles. The van der Waals surface area contributed by atoms with Crippen LogP contribution in [-0.4, -0.2) is 18.0 Å². The van der Waals surface area contributed by atoms with Gasteiger partial charge in [-0.15, -0.1) is 0 Å². The summed E-state index contributed by atoms with van der Waals surface area (Å²) in [6.45, 7) is 3.08. The van der Waals surface area contributed by atoms with Crippen LogP contribution in [0.15, 0.2) is 0 Å². The van der Waals surface area contributed by atoms with Gasteiger partial charge in [-0.2, -0.15) is 0 Å². The van der Waals surface area contributed by atoms with Crippen LogP contribution < -0.4 is 5.73 Å². The first kappa shape index (κ1) is 10.1. The Labute approximate surface area is 65.7 Å².